The normalized spacial score (nSPS) is 10.8. The lowest BCUT2D eigenvalue weighted by Crippen LogP contribution is -1.98. The molecule has 106 valence electrons. The third-order valence-electron chi connectivity index (χ3n) is 3.41. The quantitative estimate of drug-likeness (QED) is 0.802. The Labute approximate surface area is 121 Å². The van der Waals surface area contributed by atoms with Crippen LogP contribution in [0.3, 0.4) is 0 Å². The molecule has 5 nitrogen and oxygen atoms in total. The Morgan fingerprint density at radius 2 is 1.90 bits per heavy atom. The van der Waals surface area contributed by atoms with Crippen LogP contribution >= 0.6 is 0 Å². The van der Waals surface area contributed by atoms with Crippen molar-refractivity contribution in [3.63, 3.8) is 0 Å². The third-order valence-corrected chi connectivity index (χ3v) is 3.41. The van der Waals surface area contributed by atoms with Gasteiger partial charge in [0, 0.05) is 5.69 Å². The van der Waals surface area contributed by atoms with Gasteiger partial charge in [-0.15, -0.1) is 0 Å². The first-order valence-electron chi connectivity index (χ1n) is 6.47. The molecule has 5 heteroatoms. The monoisotopic (exact) mass is 282 g/mol. The molecule has 3 rings (SSSR count). The van der Waals surface area contributed by atoms with Crippen LogP contribution in [0.4, 0.5) is 0 Å². The zero-order valence-corrected chi connectivity index (χ0v) is 11.7. The van der Waals surface area contributed by atoms with E-state index in [1.54, 1.807) is 19.2 Å². The van der Waals surface area contributed by atoms with Crippen molar-refractivity contribution in [3.8, 4) is 11.4 Å². The largest absolute Gasteiger partial charge is 0.497 e. The predicted octanol–water partition coefficient (Wildman–Crippen LogP) is 3.04. The van der Waals surface area contributed by atoms with Crippen molar-refractivity contribution in [1.82, 2.24) is 9.55 Å². The number of aromatic carboxylic acids is 1. The third kappa shape index (κ3) is 2.12. The maximum absolute atomic E-state index is 11.3. The van der Waals surface area contributed by atoms with E-state index in [2.05, 4.69) is 4.98 Å². The van der Waals surface area contributed by atoms with Gasteiger partial charge in [0.15, 0.2) is 0 Å². The fourth-order valence-electron chi connectivity index (χ4n) is 2.45. The molecule has 0 unspecified atom stereocenters. The molecule has 0 fully saturated rings. The first-order chi connectivity index (χ1) is 10.1. The number of carboxylic acid groups (broad SMARTS) is 1. The van der Waals surface area contributed by atoms with Crippen molar-refractivity contribution in [1.29, 1.82) is 0 Å². The molecule has 3 aromatic rings. The molecule has 21 heavy (non-hydrogen) atoms. The topological polar surface area (TPSA) is 64.4 Å². The van der Waals surface area contributed by atoms with Crippen LogP contribution < -0.4 is 4.74 Å². The minimum absolute atomic E-state index is 0.211. The number of carbonyl (C=O) groups is 1. The van der Waals surface area contributed by atoms with E-state index in [1.807, 2.05) is 41.8 Å². The molecule has 2 aromatic carbocycles. The maximum Gasteiger partial charge on any atom is 0.337 e. The molecule has 0 spiro atoms. The number of aromatic nitrogens is 2. The molecule has 1 aromatic heterocycles. The van der Waals surface area contributed by atoms with Gasteiger partial charge in [0.05, 0.1) is 18.2 Å². The summed E-state index contributed by atoms with van der Waals surface area (Å²) < 4.78 is 7.08. The average Bonchev–Trinajstić information content (AvgIpc) is 2.82. The maximum atomic E-state index is 11.3. The van der Waals surface area contributed by atoms with E-state index in [4.69, 9.17) is 4.74 Å². The summed E-state index contributed by atoms with van der Waals surface area (Å²) in [6.07, 6.45) is 0. The van der Waals surface area contributed by atoms with Crippen LogP contribution in [0.15, 0.2) is 42.5 Å². The number of rotatable bonds is 3. The van der Waals surface area contributed by atoms with Gasteiger partial charge < -0.3 is 9.84 Å². The lowest BCUT2D eigenvalue weighted by atomic mass is 10.2. The van der Waals surface area contributed by atoms with Gasteiger partial charge in [0.1, 0.15) is 17.1 Å². The second kappa shape index (κ2) is 4.94. The molecule has 0 saturated heterocycles. The van der Waals surface area contributed by atoms with Crippen molar-refractivity contribution in [2.45, 2.75) is 6.92 Å². The number of benzene rings is 2. The van der Waals surface area contributed by atoms with Crippen LogP contribution in [0.5, 0.6) is 5.75 Å². The Hall–Kier alpha value is -2.82. The van der Waals surface area contributed by atoms with Gasteiger partial charge in [-0.1, -0.05) is 6.07 Å². The number of hydrogen-bond donors (Lipinski definition) is 1. The second-order valence-electron chi connectivity index (χ2n) is 4.67. The molecule has 0 saturated carbocycles. The first-order valence-corrected chi connectivity index (χ1v) is 6.47. The first kappa shape index (κ1) is 13.2. The highest BCUT2D eigenvalue weighted by Crippen LogP contribution is 2.25. The zero-order chi connectivity index (χ0) is 15.0. The van der Waals surface area contributed by atoms with Gasteiger partial charge in [-0.05, 0) is 43.3 Å². The van der Waals surface area contributed by atoms with Crippen LogP contribution in [-0.4, -0.2) is 27.7 Å². The highest BCUT2D eigenvalue weighted by molar-refractivity contribution is 6.01. The number of carboxylic acids is 1. The Balaban J connectivity index is 2.24. The van der Waals surface area contributed by atoms with Gasteiger partial charge in [-0.3, -0.25) is 4.57 Å². The Morgan fingerprint density at radius 3 is 2.52 bits per heavy atom. The summed E-state index contributed by atoms with van der Waals surface area (Å²) in [5, 5.41) is 9.26. The molecular weight excluding hydrogens is 268 g/mol. The van der Waals surface area contributed by atoms with Gasteiger partial charge in [0.25, 0.3) is 0 Å². The molecule has 0 bridgehead atoms. The Bertz CT molecular complexity index is 819. The van der Waals surface area contributed by atoms with Gasteiger partial charge in [0.2, 0.25) is 0 Å². The van der Waals surface area contributed by atoms with Crippen LogP contribution in [0, 0.1) is 6.92 Å². The number of aryl methyl sites for hydroxylation is 1. The number of fused-ring (bicyclic) bond motifs is 1. The standard InChI is InChI=1S/C16H14N2O3/c1-10-17-15-13(16(19)20)4-3-5-14(15)18(10)11-6-8-12(21-2)9-7-11/h3-9H,1-2H3,(H,19,20). The number of hydrogen-bond acceptors (Lipinski definition) is 3. The fraction of sp³-hybridized carbons (Fsp3) is 0.125. The summed E-state index contributed by atoms with van der Waals surface area (Å²) in [7, 11) is 1.62. The van der Waals surface area contributed by atoms with E-state index >= 15 is 0 Å². The Kier molecular flexibility index (Phi) is 3.10. The van der Waals surface area contributed by atoms with Gasteiger partial charge in [-0.2, -0.15) is 0 Å². The molecule has 0 radical (unpaired) electrons. The van der Waals surface area contributed by atoms with Crippen LogP contribution in [0.1, 0.15) is 16.2 Å². The number of ether oxygens (including phenoxy) is 1. The van der Waals surface area contributed by atoms with Crippen molar-refractivity contribution in [2.75, 3.05) is 7.11 Å². The molecule has 0 aliphatic heterocycles. The number of imidazole rings is 1. The van der Waals surface area contributed by atoms with Crippen molar-refractivity contribution < 1.29 is 14.6 Å². The minimum Gasteiger partial charge on any atom is -0.497 e. The summed E-state index contributed by atoms with van der Waals surface area (Å²) in [5.74, 6) is 0.538. The van der Waals surface area contributed by atoms with Crippen molar-refractivity contribution >= 4 is 17.0 Å². The molecule has 0 aliphatic rings. The van der Waals surface area contributed by atoms with Crippen molar-refractivity contribution in [3.05, 3.63) is 53.9 Å². The SMILES string of the molecule is COc1ccc(-n2c(C)nc3c(C(=O)O)cccc32)cc1. The van der Waals surface area contributed by atoms with Crippen molar-refractivity contribution in [2.24, 2.45) is 0 Å². The molecule has 0 aliphatic carbocycles. The van der Waals surface area contributed by atoms with E-state index in [1.165, 1.54) is 0 Å². The Morgan fingerprint density at radius 1 is 1.19 bits per heavy atom. The van der Waals surface area contributed by atoms with Gasteiger partial charge in [-0.25, -0.2) is 9.78 Å². The lowest BCUT2D eigenvalue weighted by Gasteiger charge is -2.08. The summed E-state index contributed by atoms with van der Waals surface area (Å²) in [6.45, 7) is 1.86. The second-order valence-corrected chi connectivity index (χ2v) is 4.67. The van der Waals surface area contributed by atoms with Gasteiger partial charge >= 0.3 is 5.97 Å². The summed E-state index contributed by atoms with van der Waals surface area (Å²) in [5.41, 5.74) is 2.40. The number of nitrogens with zero attached hydrogens (tertiary/aromatic N) is 2. The molecule has 1 heterocycles. The van der Waals surface area contributed by atoms with E-state index < -0.39 is 5.97 Å². The summed E-state index contributed by atoms with van der Waals surface area (Å²) >= 11 is 0. The van der Waals surface area contributed by atoms with E-state index in [0.717, 1.165) is 22.8 Å². The molecule has 0 atom stereocenters. The summed E-state index contributed by atoms with van der Waals surface area (Å²) in [4.78, 5) is 15.7. The van der Waals surface area contributed by atoms with Crippen LogP contribution in [-0.2, 0) is 0 Å². The van der Waals surface area contributed by atoms with Crippen LogP contribution in [0.2, 0.25) is 0 Å². The molecular formula is C16H14N2O3. The van der Waals surface area contributed by atoms with E-state index in [-0.39, 0.29) is 5.56 Å². The predicted molar refractivity (Wildman–Crippen MR) is 79.3 cm³/mol. The number of para-hydroxylation sites is 1. The zero-order valence-electron chi connectivity index (χ0n) is 11.7. The van der Waals surface area contributed by atoms with Crippen LogP contribution in [0.25, 0.3) is 16.7 Å². The average molecular weight is 282 g/mol. The van der Waals surface area contributed by atoms with E-state index in [0.29, 0.717) is 5.52 Å². The molecule has 1 N–H and O–H groups in total. The fourth-order valence-corrected chi connectivity index (χ4v) is 2.45. The van der Waals surface area contributed by atoms with E-state index in [9.17, 15) is 9.90 Å². The lowest BCUT2D eigenvalue weighted by molar-refractivity contribution is 0.0699. The summed E-state index contributed by atoms with van der Waals surface area (Å²) in [6, 6.07) is 12.7. The number of methoxy groups -OCH3 is 1. The smallest absolute Gasteiger partial charge is 0.337 e. The molecule has 0 amide bonds. The minimum atomic E-state index is -0.972. The highest BCUT2D eigenvalue weighted by Gasteiger charge is 2.15. The highest BCUT2D eigenvalue weighted by atomic mass is 16.5.